The molecule has 0 unspecified atom stereocenters. The fourth-order valence-electron chi connectivity index (χ4n) is 2.66. The Labute approximate surface area is 157 Å². The highest BCUT2D eigenvalue weighted by atomic mass is 32.1. The summed E-state index contributed by atoms with van der Waals surface area (Å²) in [6.45, 7) is 2.93. The van der Waals surface area contributed by atoms with Gasteiger partial charge >= 0.3 is 0 Å². The summed E-state index contributed by atoms with van der Waals surface area (Å²) in [6, 6.07) is 9.83. The summed E-state index contributed by atoms with van der Waals surface area (Å²) >= 11 is 1.61. The van der Waals surface area contributed by atoms with Crippen molar-refractivity contribution in [3.8, 4) is 17.0 Å². The summed E-state index contributed by atoms with van der Waals surface area (Å²) in [6.07, 6.45) is 4.36. The Bertz CT molecular complexity index is 850. The van der Waals surface area contributed by atoms with Gasteiger partial charge in [-0.1, -0.05) is 18.2 Å². The van der Waals surface area contributed by atoms with E-state index in [-0.39, 0.29) is 5.91 Å². The predicted molar refractivity (Wildman–Crippen MR) is 103 cm³/mol. The molecule has 2 aromatic heterocycles. The number of aromatic nitrogens is 2. The largest absolute Gasteiger partial charge is 0.494 e. The van der Waals surface area contributed by atoms with Crippen LogP contribution >= 0.6 is 11.3 Å². The van der Waals surface area contributed by atoms with E-state index in [1.807, 2.05) is 48.0 Å². The van der Waals surface area contributed by atoms with Gasteiger partial charge in [0, 0.05) is 29.8 Å². The Balaban J connectivity index is 1.57. The average Bonchev–Trinajstić information content (AvgIpc) is 3.21. The second kappa shape index (κ2) is 9.10. The summed E-state index contributed by atoms with van der Waals surface area (Å²) in [5.41, 5.74) is 3.66. The van der Waals surface area contributed by atoms with E-state index in [4.69, 9.17) is 4.74 Å². The fourth-order valence-corrected chi connectivity index (χ4v) is 3.30. The van der Waals surface area contributed by atoms with Gasteiger partial charge in [-0.25, -0.2) is 0 Å². The third-order valence-electron chi connectivity index (χ3n) is 3.92. The number of aryl methyl sites for hydroxylation is 1. The minimum Gasteiger partial charge on any atom is -0.494 e. The number of carbonyl (C=O) groups excluding carboxylic acids is 1. The van der Waals surface area contributed by atoms with Gasteiger partial charge in [0.05, 0.1) is 24.5 Å². The Morgan fingerprint density at radius 1 is 1.19 bits per heavy atom. The van der Waals surface area contributed by atoms with Gasteiger partial charge in [-0.3, -0.25) is 14.8 Å². The molecule has 0 bridgehead atoms. The highest BCUT2D eigenvalue weighted by molar-refractivity contribution is 7.08. The molecule has 2 heterocycles. The first-order chi connectivity index (χ1) is 12.8. The van der Waals surface area contributed by atoms with E-state index < -0.39 is 0 Å². The number of amides is 1. The number of hydrogen-bond acceptors (Lipinski definition) is 5. The van der Waals surface area contributed by atoms with Crippen molar-refractivity contribution >= 4 is 17.2 Å². The monoisotopic (exact) mass is 367 g/mol. The number of rotatable bonds is 8. The van der Waals surface area contributed by atoms with Crippen molar-refractivity contribution in [2.24, 2.45) is 0 Å². The molecule has 0 saturated carbocycles. The number of nitrogens with zero attached hydrogens (tertiary/aromatic N) is 2. The van der Waals surface area contributed by atoms with Gasteiger partial charge in [-0.2, -0.15) is 11.3 Å². The molecule has 3 aromatic rings. The van der Waals surface area contributed by atoms with Gasteiger partial charge < -0.3 is 10.1 Å². The van der Waals surface area contributed by atoms with Crippen LogP contribution in [0.5, 0.6) is 5.75 Å². The minimum absolute atomic E-state index is 0.0155. The molecule has 0 aliphatic heterocycles. The average molecular weight is 367 g/mol. The number of benzene rings is 1. The standard InChI is InChI=1S/C20H21N3O2S/c1-2-25-18-6-4-3-5-15(18)7-8-19(24)23-13-17-20(22-11-10-21-17)16-9-12-26-14-16/h3-6,9-12,14H,2,7-8,13H2,1H3,(H,23,24). The third kappa shape index (κ3) is 4.67. The minimum atomic E-state index is -0.0155. The van der Waals surface area contributed by atoms with Gasteiger partial charge in [0.2, 0.25) is 5.91 Å². The summed E-state index contributed by atoms with van der Waals surface area (Å²) in [7, 11) is 0. The Morgan fingerprint density at radius 2 is 2.04 bits per heavy atom. The van der Waals surface area contributed by atoms with E-state index in [1.54, 1.807) is 23.7 Å². The molecule has 0 aliphatic rings. The quantitative estimate of drug-likeness (QED) is 0.657. The zero-order valence-electron chi connectivity index (χ0n) is 14.6. The number of thiophene rings is 1. The van der Waals surface area contributed by atoms with Crippen molar-refractivity contribution in [3.63, 3.8) is 0 Å². The Hall–Kier alpha value is -2.73. The maximum atomic E-state index is 12.3. The van der Waals surface area contributed by atoms with Crippen molar-refractivity contribution < 1.29 is 9.53 Å². The van der Waals surface area contributed by atoms with E-state index in [2.05, 4.69) is 15.3 Å². The predicted octanol–water partition coefficient (Wildman–Crippen LogP) is 3.85. The van der Waals surface area contributed by atoms with Crippen molar-refractivity contribution in [2.45, 2.75) is 26.3 Å². The van der Waals surface area contributed by atoms with E-state index in [9.17, 15) is 4.79 Å². The second-order valence-electron chi connectivity index (χ2n) is 5.68. The van der Waals surface area contributed by atoms with Gasteiger partial charge in [0.15, 0.2) is 0 Å². The van der Waals surface area contributed by atoms with Crippen LogP contribution in [0.3, 0.4) is 0 Å². The number of hydrogen-bond donors (Lipinski definition) is 1. The van der Waals surface area contributed by atoms with Gasteiger partial charge in [-0.15, -0.1) is 0 Å². The summed E-state index contributed by atoms with van der Waals surface area (Å²) < 4.78 is 5.61. The normalized spacial score (nSPS) is 10.5. The topological polar surface area (TPSA) is 64.1 Å². The van der Waals surface area contributed by atoms with Crippen LogP contribution in [0.2, 0.25) is 0 Å². The fraction of sp³-hybridized carbons (Fsp3) is 0.250. The highest BCUT2D eigenvalue weighted by Crippen LogP contribution is 2.22. The van der Waals surface area contributed by atoms with Gasteiger partial charge in [-0.05, 0) is 36.4 Å². The molecule has 134 valence electrons. The van der Waals surface area contributed by atoms with Crippen LogP contribution in [-0.2, 0) is 17.8 Å². The lowest BCUT2D eigenvalue weighted by Crippen LogP contribution is -2.24. The van der Waals surface area contributed by atoms with Crippen molar-refractivity contribution in [3.05, 3.63) is 64.7 Å². The molecule has 0 atom stereocenters. The van der Waals surface area contributed by atoms with Crippen molar-refractivity contribution in [1.29, 1.82) is 0 Å². The van der Waals surface area contributed by atoms with Crippen LogP contribution in [0.15, 0.2) is 53.5 Å². The first kappa shape index (κ1) is 18.1. The van der Waals surface area contributed by atoms with E-state index in [0.717, 1.165) is 28.3 Å². The molecule has 0 fully saturated rings. The van der Waals surface area contributed by atoms with E-state index in [1.165, 1.54) is 0 Å². The zero-order chi connectivity index (χ0) is 18.2. The van der Waals surface area contributed by atoms with Gasteiger partial charge in [0.1, 0.15) is 5.75 Å². The zero-order valence-corrected chi connectivity index (χ0v) is 15.5. The maximum Gasteiger partial charge on any atom is 0.220 e. The number of nitrogens with one attached hydrogen (secondary N) is 1. The molecule has 3 rings (SSSR count). The summed E-state index contributed by atoms with van der Waals surface area (Å²) in [4.78, 5) is 21.0. The van der Waals surface area contributed by atoms with Crippen LogP contribution in [0.1, 0.15) is 24.6 Å². The Morgan fingerprint density at radius 3 is 2.85 bits per heavy atom. The molecular weight excluding hydrogens is 346 g/mol. The third-order valence-corrected chi connectivity index (χ3v) is 4.60. The molecular formula is C20H21N3O2S. The van der Waals surface area contributed by atoms with Crippen LogP contribution < -0.4 is 10.1 Å². The molecule has 1 amide bonds. The molecule has 6 heteroatoms. The molecule has 0 spiro atoms. The lowest BCUT2D eigenvalue weighted by atomic mass is 10.1. The van der Waals surface area contributed by atoms with Crippen LogP contribution in [-0.4, -0.2) is 22.5 Å². The van der Waals surface area contributed by atoms with Crippen LogP contribution in [0.4, 0.5) is 0 Å². The van der Waals surface area contributed by atoms with Crippen LogP contribution in [0, 0.1) is 0 Å². The first-order valence-corrected chi connectivity index (χ1v) is 9.52. The van der Waals surface area contributed by atoms with Crippen molar-refractivity contribution in [2.75, 3.05) is 6.61 Å². The number of ether oxygens (including phenoxy) is 1. The molecule has 26 heavy (non-hydrogen) atoms. The first-order valence-electron chi connectivity index (χ1n) is 8.57. The molecule has 1 N–H and O–H groups in total. The molecule has 1 aromatic carbocycles. The SMILES string of the molecule is CCOc1ccccc1CCC(=O)NCc1nccnc1-c1ccsc1. The van der Waals surface area contributed by atoms with Crippen LogP contribution in [0.25, 0.3) is 11.3 Å². The molecule has 5 nitrogen and oxygen atoms in total. The lowest BCUT2D eigenvalue weighted by Gasteiger charge is -2.10. The lowest BCUT2D eigenvalue weighted by molar-refractivity contribution is -0.121. The highest BCUT2D eigenvalue weighted by Gasteiger charge is 2.11. The number of carbonyl (C=O) groups is 1. The molecule has 0 radical (unpaired) electrons. The summed E-state index contributed by atoms with van der Waals surface area (Å²) in [5.74, 6) is 0.828. The van der Waals surface area contributed by atoms with E-state index >= 15 is 0 Å². The maximum absolute atomic E-state index is 12.3. The number of para-hydroxylation sites is 1. The molecule has 0 aliphatic carbocycles. The second-order valence-corrected chi connectivity index (χ2v) is 6.46. The smallest absolute Gasteiger partial charge is 0.220 e. The van der Waals surface area contributed by atoms with E-state index in [0.29, 0.717) is 26.0 Å². The van der Waals surface area contributed by atoms with Gasteiger partial charge in [0.25, 0.3) is 0 Å². The summed E-state index contributed by atoms with van der Waals surface area (Å²) in [5, 5.41) is 6.97. The Kier molecular flexibility index (Phi) is 6.33. The van der Waals surface area contributed by atoms with Crippen molar-refractivity contribution in [1.82, 2.24) is 15.3 Å². The molecule has 0 saturated heterocycles.